The van der Waals surface area contributed by atoms with E-state index in [2.05, 4.69) is 17.2 Å². The van der Waals surface area contributed by atoms with Crippen molar-refractivity contribution >= 4 is 34.5 Å². The van der Waals surface area contributed by atoms with Gasteiger partial charge in [-0.15, -0.1) is 11.3 Å². The second-order valence-electron chi connectivity index (χ2n) is 4.10. The van der Waals surface area contributed by atoms with Crippen molar-refractivity contribution in [1.82, 2.24) is 0 Å². The lowest BCUT2D eigenvalue weighted by molar-refractivity contribution is 0.103. The highest BCUT2D eigenvalue weighted by molar-refractivity contribution is 7.12. The van der Waals surface area contributed by atoms with E-state index in [1.54, 1.807) is 17.5 Å². The minimum atomic E-state index is -0.239. The van der Waals surface area contributed by atoms with Crippen LogP contribution in [0.15, 0.2) is 29.6 Å². The molecule has 1 aromatic heterocycles. The minimum Gasteiger partial charge on any atom is -0.384 e. The second-order valence-corrected chi connectivity index (χ2v) is 5.42. The van der Waals surface area contributed by atoms with Crippen LogP contribution in [-0.4, -0.2) is 17.6 Å². The third kappa shape index (κ3) is 3.61. The Bertz CT molecular complexity index is 697. The molecule has 1 amide bonds. The van der Waals surface area contributed by atoms with Gasteiger partial charge in [0.05, 0.1) is 5.02 Å². The zero-order chi connectivity index (χ0) is 14.5. The molecule has 0 saturated heterocycles. The maximum atomic E-state index is 12.1. The van der Waals surface area contributed by atoms with Crippen LogP contribution in [0, 0.1) is 18.8 Å². The first-order chi connectivity index (χ1) is 9.60. The summed E-state index contributed by atoms with van der Waals surface area (Å²) in [7, 11) is 0. The molecular weight excluding hydrogens is 294 g/mol. The number of aryl methyl sites for hydroxylation is 1. The topological polar surface area (TPSA) is 49.3 Å². The molecule has 0 aliphatic rings. The van der Waals surface area contributed by atoms with Crippen molar-refractivity contribution in [2.75, 3.05) is 11.9 Å². The molecule has 0 unspecified atom stereocenters. The predicted molar refractivity (Wildman–Crippen MR) is 82.4 cm³/mol. The number of carbonyl (C=O) groups excluding carboxylic acids is 1. The lowest BCUT2D eigenvalue weighted by atomic mass is 10.1. The van der Waals surface area contributed by atoms with Gasteiger partial charge in [0.25, 0.3) is 5.91 Å². The molecule has 0 aliphatic heterocycles. The number of benzene rings is 1. The van der Waals surface area contributed by atoms with E-state index in [0.717, 1.165) is 11.1 Å². The Kier molecular flexibility index (Phi) is 4.80. The fourth-order valence-electron chi connectivity index (χ4n) is 1.71. The van der Waals surface area contributed by atoms with Gasteiger partial charge in [0.2, 0.25) is 0 Å². The van der Waals surface area contributed by atoms with Gasteiger partial charge in [-0.2, -0.15) is 0 Å². The molecule has 0 atom stereocenters. The summed E-state index contributed by atoms with van der Waals surface area (Å²) in [5.74, 6) is 5.16. The van der Waals surface area contributed by atoms with Crippen LogP contribution in [-0.2, 0) is 0 Å². The van der Waals surface area contributed by atoms with Gasteiger partial charge in [-0.25, -0.2) is 0 Å². The van der Waals surface area contributed by atoms with Crippen LogP contribution in [0.2, 0.25) is 5.02 Å². The Labute approximate surface area is 126 Å². The first-order valence-corrected chi connectivity index (χ1v) is 7.11. The highest BCUT2D eigenvalue weighted by Gasteiger charge is 2.12. The Morgan fingerprint density at radius 1 is 1.45 bits per heavy atom. The number of rotatable bonds is 2. The Hall–Kier alpha value is -1.80. The van der Waals surface area contributed by atoms with Crippen molar-refractivity contribution < 1.29 is 9.90 Å². The predicted octanol–water partition coefficient (Wildman–Crippen LogP) is 3.31. The minimum absolute atomic E-state index is 0.194. The average Bonchev–Trinajstić information content (AvgIpc) is 2.82. The molecule has 2 N–H and O–H groups in total. The standard InChI is InChI=1S/C15H12ClNO2S/c1-10-7-11(3-2-5-18)9-12(8-10)17-15(19)14-13(16)4-6-20-14/h4,6-9,18H,5H2,1H3,(H,17,19). The molecule has 5 heteroatoms. The number of anilines is 1. The Morgan fingerprint density at radius 3 is 2.90 bits per heavy atom. The number of aliphatic hydroxyl groups is 1. The quantitative estimate of drug-likeness (QED) is 0.836. The van der Waals surface area contributed by atoms with Gasteiger partial charge in [-0.1, -0.05) is 23.4 Å². The SMILES string of the molecule is Cc1cc(C#CCO)cc(NC(=O)c2sccc2Cl)c1. The van der Waals surface area contributed by atoms with Crippen LogP contribution >= 0.6 is 22.9 Å². The van der Waals surface area contributed by atoms with E-state index < -0.39 is 0 Å². The van der Waals surface area contributed by atoms with E-state index in [0.29, 0.717) is 15.6 Å². The largest absolute Gasteiger partial charge is 0.384 e. The first-order valence-electron chi connectivity index (χ1n) is 5.86. The second kappa shape index (κ2) is 6.58. The molecule has 102 valence electrons. The third-order valence-electron chi connectivity index (χ3n) is 2.47. The molecule has 2 aromatic rings. The summed E-state index contributed by atoms with van der Waals surface area (Å²) in [5.41, 5.74) is 2.37. The average molecular weight is 306 g/mol. The molecule has 0 bridgehead atoms. The monoisotopic (exact) mass is 305 g/mol. The number of thiophene rings is 1. The fraction of sp³-hybridized carbons (Fsp3) is 0.133. The molecule has 0 aliphatic carbocycles. The van der Waals surface area contributed by atoms with E-state index in [1.807, 2.05) is 19.1 Å². The van der Waals surface area contributed by atoms with Crippen molar-refractivity contribution in [2.24, 2.45) is 0 Å². The van der Waals surface area contributed by atoms with Gasteiger partial charge >= 0.3 is 0 Å². The van der Waals surface area contributed by atoms with E-state index in [1.165, 1.54) is 11.3 Å². The summed E-state index contributed by atoms with van der Waals surface area (Å²) >= 11 is 7.23. The molecule has 0 saturated carbocycles. The number of hydrogen-bond donors (Lipinski definition) is 2. The lowest BCUT2D eigenvalue weighted by Crippen LogP contribution is -2.10. The number of aliphatic hydroxyl groups excluding tert-OH is 1. The molecule has 0 fully saturated rings. The van der Waals surface area contributed by atoms with Gasteiger partial charge in [-0.05, 0) is 42.1 Å². The van der Waals surface area contributed by atoms with Gasteiger partial charge in [-0.3, -0.25) is 4.79 Å². The van der Waals surface area contributed by atoms with Crippen molar-refractivity contribution in [1.29, 1.82) is 0 Å². The fourth-order valence-corrected chi connectivity index (χ4v) is 2.75. The molecule has 2 rings (SSSR count). The smallest absolute Gasteiger partial charge is 0.267 e. The van der Waals surface area contributed by atoms with E-state index >= 15 is 0 Å². The summed E-state index contributed by atoms with van der Waals surface area (Å²) in [4.78, 5) is 12.6. The van der Waals surface area contributed by atoms with Crippen LogP contribution in [0.4, 0.5) is 5.69 Å². The summed E-state index contributed by atoms with van der Waals surface area (Å²) in [6.45, 7) is 1.72. The van der Waals surface area contributed by atoms with Crippen molar-refractivity contribution in [3.05, 3.63) is 50.7 Å². The molecule has 1 heterocycles. The molecular formula is C15H12ClNO2S. The molecule has 1 aromatic carbocycles. The number of hydrogen-bond acceptors (Lipinski definition) is 3. The highest BCUT2D eigenvalue weighted by Crippen LogP contribution is 2.23. The highest BCUT2D eigenvalue weighted by atomic mass is 35.5. The van der Waals surface area contributed by atoms with E-state index in [9.17, 15) is 4.79 Å². The van der Waals surface area contributed by atoms with E-state index in [4.69, 9.17) is 16.7 Å². The Balaban J connectivity index is 2.23. The molecule has 3 nitrogen and oxygen atoms in total. The maximum Gasteiger partial charge on any atom is 0.267 e. The zero-order valence-corrected chi connectivity index (χ0v) is 12.3. The molecule has 20 heavy (non-hydrogen) atoms. The number of nitrogens with one attached hydrogen (secondary N) is 1. The Morgan fingerprint density at radius 2 is 2.25 bits per heavy atom. The summed E-state index contributed by atoms with van der Waals surface area (Å²) in [5, 5.41) is 13.7. The van der Waals surface area contributed by atoms with Crippen LogP contribution in [0.3, 0.4) is 0 Å². The number of amides is 1. The maximum absolute atomic E-state index is 12.1. The van der Waals surface area contributed by atoms with Crippen LogP contribution in [0.5, 0.6) is 0 Å². The van der Waals surface area contributed by atoms with Gasteiger partial charge < -0.3 is 10.4 Å². The lowest BCUT2D eigenvalue weighted by Gasteiger charge is -2.06. The van der Waals surface area contributed by atoms with Crippen LogP contribution < -0.4 is 5.32 Å². The van der Waals surface area contributed by atoms with Gasteiger partial charge in [0, 0.05) is 11.3 Å². The molecule has 0 spiro atoms. The van der Waals surface area contributed by atoms with Crippen molar-refractivity contribution in [3.63, 3.8) is 0 Å². The number of halogens is 1. The van der Waals surface area contributed by atoms with Crippen LogP contribution in [0.25, 0.3) is 0 Å². The third-order valence-corrected chi connectivity index (χ3v) is 3.81. The molecule has 0 radical (unpaired) electrons. The summed E-state index contributed by atoms with van der Waals surface area (Å²) in [6, 6.07) is 7.19. The van der Waals surface area contributed by atoms with Crippen molar-refractivity contribution in [3.8, 4) is 11.8 Å². The van der Waals surface area contributed by atoms with Gasteiger partial charge in [0.15, 0.2) is 0 Å². The van der Waals surface area contributed by atoms with E-state index in [-0.39, 0.29) is 12.5 Å². The summed E-state index contributed by atoms with van der Waals surface area (Å²) < 4.78 is 0. The van der Waals surface area contributed by atoms with Crippen LogP contribution in [0.1, 0.15) is 20.8 Å². The summed E-state index contributed by atoms with van der Waals surface area (Å²) in [6.07, 6.45) is 0. The first kappa shape index (κ1) is 14.6. The normalized spacial score (nSPS) is 9.75. The van der Waals surface area contributed by atoms with Gasteiger partial charge in [0.1, 0.15) is 11.5 Å². The van der Waals surface area contributed by atoms with Crippen molar-refractivity contribution in [2.45, 2.75) is 6.92 Å². The zero-order valence-electron chi connectivity index (χ0n) is 10.7. The number of carbonyl (C=O) groups is 1.